The number of nitrogens with one attached hydrogen (secondary N) is 1. The molecule has 1 heteroatoms. The van der Waals surface area contributed by atoms with E-state index in [1.165, 1.54) is 45.1 Å². The van der Waals surface area contributed by atoms with Crippen molar-refractivity contribution in [1.82, 2.24) is 5.32 Å². The van der Waals surface area contributed by atoms with Gasteiger partial charge >= 0.3 is 0 Å². The molecule has 15 heavy (non-hydrogen) atoms. The molecule has 0 aliphatic heterocycles. The lowest BCUT2D eigenvalue weighted by atomic mass is 10.0. The molecule has 0 fully saturated rings. The Morgan fingerprint density at radius 3 is 2.53 bits per heavy atom. The van der Waals surface area contributed by atoms with Crippen molar-refractivity contribution in [1.29, 1.82) is 0 Å². The van der Waals surface area contributed by atoms with Gasteiger partial charge in [0, 0.05) is 6.04 Å². The zero-order valence-corrected chi connectivity index (χ0v) is 10.9. The van der Waals surface area contributed by atoms with E-state index in [0.29, 0.717) is 6.04 Å². The maximum absolute atomic E-state index is 3.73. The van der Waals surface area contributed by atoms with Gasteiger partial charge < -0.3 is 5.32 Å². The molecule has 0 aromatic carbocycles. The van der Waals surface area contributed by atoms with Crippen LogP contribution in [0, 0.1) is 5.92 Å². The Kier molecular flexibility index (Phi) is 10.0. The van der Waals surface area contributed by atoms with Crippen LogP contribution in [0.15, 0.2) is 12.7 Å². The average molecular weight is 211 g/mol. The van der Waals surface area contributed by atoms with Crippen LogP contribution in [0.4, 0.5) is 0 Å². The summed E-state index contributed by atoms with van der Waals surface area (Å²) in [6.07, 6.45) is 9.72. The Morgan fingerprint density at radius 2 is 1.93 bits per heavy atom. The maximum atomic E-state index is 3.73. The van der Waals surface area contributed by atoms with Gasteiger partial charge in [0.15, 0.2) is 0 Å². The molecule has 0 aliphatic rings. The first-order valence-electron chi connectivity index (χ1n) is 6.55. The summed E-state index contributed by atoms with van der Waals surface area (Å²) in [7, 11) is 0. The van der Waals surface area contributed by atoms with Gasteiger partial charge in [0.05, 0.1) is 0 Å². The third-order valence-corrected chi connectivity index (χ3v) is 3.03. The van der Waals surface area contributed by atoms with Gasteiger partial charge in [0.2, 0.25) is 0 Å². The van der Waals surface area contributed by atoms with Crippen molar-refractivity contribution in [2.75, 3.05) is 6.54 Å². The highest BCUT2D eigenvalue weighted by Gasteiger charge is 2.05. The molecule has 1 N–H and O–H groups in total. The number of hydrogen-bond acceptors (Lipinski definition) is 1. The van der Waals surface area contributed by atoms with Crippen LogP contribution in [0.1, 0.15) is 59.3 Å². The van der Waals surface area contributed by atoms with Gasteiger partial charge in [0.1, 0.15) is 0 Å². The second-order valence-electron chi connectivity index (χ2n) is 4.74. The third-order valence-electron chi connectivity index (χ3n) is 3.03. The molecule has 0 saturated carbocycles. The Labute approximate surface area is 96.3 Å². The van der Waals surface area contributed by atoms with Crippen LogP contribution < -0.4 is 5.32 Å². The maximum Gasteiger partial charge on any atom is 0.00412 e. The van der Waals surface area contributed by atoms with Crippen molar-refractivity contribution in [3.8, 4) is 0 Å². The predicted octanol–water partition coefficient (Wildman–Crippen LogP) is 4.15. The summed E-state index contributed by atoms with van der Waals surface area (Å²) in [6, 6.07) is 0.680. The van der Waals surface area contributed by atoms with E-state index >= 15 is 0 Å². The highest BCUT2D eigenvalue weighted by Crippen LogP contribution is 2.09. The summed E-state index contributed by atoms with van der Waals surface area (Å²) < 4.78 is 0. The van der Waals surface area contributed by atoms with Crippen molar-refractivity contribution in [2.45, 2.75) is 65.3 Å². The molecule has 0 heterocycles. The Balaban J connectivity index is 3.23. The first kappa shape index (κ1) is 14.7. The fourth-order valence-corrected chi connectivity index (χ4v) is 1.79. The minimum atomic E-state index is 0.680. The summed E-state index contributed by atoms with van der Waals surface area (Å²) in [6.45, 7) is 11.8. The van der Waals surface area contributed by atoms with Crippen LogP contribution in [-0.4, -0.2) is 12.6 Å². The van der Waals surface area contributed by atoms with Crippen LogP contribution in [-0.2, 0) is 0 Å². The number of allylic oxidation sites excluding steroid dienone is 1. The second kappa shape index (κ2) is 10.2. The van der Waals surface area contributed by atoms with Gasteiger partial charge in [-0.25, -0.2) is 0 Å². The molecule has 0 rings (SSSR count). The van der Waals surface area contributed by atoms with E-state index < -0.39 is 0 Å². The highest BCUT2D eigenvalue weighted by molar-refractivity contribution is 4.67. The standard InChI is InChI=1S/C14H29N/c1-5-7-8-9-10-11-15-14(4)12-13(3)6-2/h5,13-15H,1,6-12H2,2-4H3. The zero-order chi connectivity index (χ0) is 11.5. The third kappa shape index (κ3) is 9.99. The zero-order valence-electron chi connectivity index (χ0n) is 10.9. The van der Waals surface area contributed by atoms with Gasteiger partial charge in [-0.1, -0.05) is 32.8 Å². The number of rotatable bonds is 10. The Hall–Kier alpha value is -0.300. The largest absolute Gasteiger partial charge is 0.314 e. The lowest BCUT2D eigenvalue weighted by molar-refractivity contribution is 0.409. The van der Waals surface area contributed by atoms with Crippen molar-refractivity contribution >= 4 is 0 Å². The summed E-state index contributed by atoms with van der Waals surface area (Å²) >= 11 is 0. The molecule has 0 aromatic rings. The highest BCUT2D eigenvalue weighted by atomic mass is 14.9. The molecule has 0 bridgehead atoms. The second-order valence-corrected chi connectivity index (χ2v) is 4.74. The van der Waals surface area contributed by atoms with Gasteiger partial charge in [-0.3, -0.25) is 0 Å². The summed E-state index contributed by atoms with van der Waals surface area (Å²) in [5.41, 5.74) is 0. The lowest BCUT2D eigenvalue weighted by Gasteiger charge is -2.17. The molecule has 0 amide bonds. The molecule has 0 saturated heterocycles. The topological polar surface area (TPSA) is 12.0 Å². The predicted molar refractivity (Wildman–Crippen MR) is 70.2 cm³/mol. The van der Waals surface area contributed by atoms with Crippen LogP contribution in [0.25, 0.3) is 0 Å². The minimum absolute atomic E-state index is 0.680. The minimum Gasteiger partial charge on any atom is -0.314 e. The van der Waals surface area contributed by atoms with E-state index in [-0.39, 0.29) is 0 Å². The van der Waals surface area contributed by atoms with Gasteiger partial charge in [0.25, 0.3) is 0 Å². The van der Waals surface area contributed by atoms with Gasteiger partial charge in [-0.15, -0.1) is 6.58 Å². The van der Waals surface area contributed by atoms with E-state index in [1.54, 1.807) is 0 Å². The average Bonchev–Trinajstić information content (AvgIpc) is 2.23. The van der Waals surface area contributed by atoms with Crippen molar-refractivity contribution in [2.24, 2.45) is 5.92 Å². The van der Waals surface area contributed by atoms with Crippen LogP contribution in [0.3, 0.4) is 0 Å². The summed E-state index contributed by atoms with van der Waals surface area (Å²) in [4.78, 5) is 0. The van der Waals surface area contributed by atoms with Crippen molar-refractivity contribution in [3.05, 3.63) is 12.7 Å². The van der Waals surface area contributed by atoms with Crippen LogP contribution in [0.5, 0.6) is 0 Å². The van der Waals surface area contributed by atoms with E-state index in [0.717, 1.165) is 5.92 Å². The molecule has 0 radical (unpaired) electrons. The molecule has 2 unspecified atom stereocenters. The number of hydrogen-bond donors (Lipinski definition) is 1. The molecule has 0 spiro atoms. The first-order chi connectivity index (χ1) is 7.20. The fraction of sp³-hybridized carbons (Fsp3) is 0.857. The molecular weight excluding hydrogens is 182 g/mol. The number of unbranched alkanes of at least 4 members (excludes halogenated alkanes) is 3. The molecule has 90 valence electrons. The molecule has 0 aromatic heterocycles. The van der Waals surface area contributed by atoms with Crippen LogP contribution >= 0.6 is 0 Å². The van der Waals surface area contributed by atoms with E-state index in [2.05, 4.69) is 32.7 Å². The summed E-state index contributed by atoms with van der Waals surface area (Å²) in [5.74, 6) is 0.855. The van der Waals surface area contributed by atoms with E-state index in [1.807, 2.05) is 6.08 Å². The molecular formula is C14H29N. The monoisotopic (exact) mass is 211 g/mol. The normalized spacial score (nSPS) is 14.9. The van der Waals surface area contributed by atoms with Gasteiger partial charge in [-0.05, 0) is 45.1 Å². The van der Waals surface area contributed by atoms with Crippen molar-refractivity contribution in [3.63, 3.8) is 0 Å². The molecule has 2 atom stereocenters. The smallest absolute Gasteiger partial charge is 0.00412 e. The summed E-state index contributed by atoms with van der Waals surface area (Å²) in [5, 5.41) is 3.60. The molecule has 0 aliphatic carbocycles. The Morgan fingerprint density at radius 1 is 1.20 bits per heavy atom. The fourth-order valence-electron chi connectivity index (χ4n) is 1.79. The molecule has 1 nitrogen and oxygen atoms in total. The SMILES string of the molecule is C=CCCCCCNC(C)CC(C)CC. The van der Waals surface area contributed by atoms with Gasteiger partial charge in [-0.2, -0.15) is 0 Å². The van der Waals surface area contributed by atoms with E-state index in [4.69, 9.17) is 0 Å². The first-order valence-corrected chi connectivity index (χ1v) is 6.55. The quantitative estimate of drug-likeness (QED) is 0.423. The van der Waals surface area contributed by atoms with Crippen molar-refractivity contribution < 1.29 is 0 Å². The van der Waals surface area contributed by atoms with E-state index in [9.17, 15) is 0 Å². The lowest BCUT2D eigenvalue weighted by Crippen LogP contribution is -2.28. The Bertz CT molecular complexity index is 142. The van der Waals surface area contributed by atoms with Crippen LogP contribution in [0.2, 0.25) is 0 Å².